The predicted molar refractivity (Wildman–Crippen MR) is 279 cm³/mol. The van der Waals surface area contributed by atoms with Crippen molar-refractivity contribution in [3.05, 3.63) is 122 Å². The van der Waals surface area contributed by atoms with Gasteiger partial charge in [0.15, 0.2) is 6.10 Å². The summed E-state index contributed by atoms with van der Waals surface area (Å²) in [5, 5.41) is 0. The Morgan fingerprint density at radius 3 is 1.22 bits per heavy atom. The number of ether oxygens (including phenoxy) is 3. The molecule has 0 radical (unpaired) electrons. The van der Waals surface area contributed by atoms with E-state index >= 15 is 0 Å². The summed E-state index contributed by atoms with van der Waals surface area (Å²) in [6.45, 7) is 6.28. The fraction of sp³-hybridized carbons (Fsp3) is 0.610. The van der Waals surface area contributed by atoms with Crippen LogP contribution >= 0.6 is 0 Å². The summed E-state index contributed by atoms with van der Waals surface area (Å²) < 4.78 is 16.7. The zero-order valence-corrected chi connectivity index (χ0v) is 41.7. The van der Waals surface area contributed by atoms with E-state index in [0.29, 0.717) is 19.3 Å². The Hall–Kier alpha value is -4.19. The van der Waals surface area contributed by atoms with Gasteiger partial charge in [-0.05, 0) is 103 Å². The van der Waals surface area contributed by atoms with Crippen LogP contribution in [0.4, 0.5) is 0 Å². The van der Waals surface area contributed by atoms with Crippen LogP contribution in [-0.2, 0) is 28.6 Å². The van der Waals surface area contributed by atoms with Gasteiger partial charge in [0.25, 0.3) is 0 Å². The molecule has 0 heterocycles. The number of hydrogen-bond acceptors (Lipinski definition) is 6. The quantitative estimate of drug-likeness (QED) is 0.0199. The van der Waals surface area contributed by atoms with Gasteiger partial charge in [-0.1, -0.05) is 213 Å². The van der Waals surface area contributed by atoms with Crippen molar-refractivity contribution in [3.63, 3.8) is 0 Å². The number of rotatable bonds is 45. The van der Waals surface area contributed by atoms with Crippen LogP contribution in [0.3, 0.4) is 0 Å². The van der Waals surface area contributed by atoms with Gasteiger partial charge in [0, 0.05) is 19.3 Å². The second kappa shape index (κ2) is 52.4. The van der Waals surface area contributed by atoms with Gasteiger partial charge in [0.2, 0.25) is 0 Å². The molecule has 0 aliphatic heterocycles. The maximum atomic E-state index is 12.8. The molecule has 6 nitrogen and oxygen atoms in total. The highest BCUT2D eigenvalue weighted by Crippen LogP contribution is 2.13. The van der Waals surface area contributed by atoms with E-state index in [2.05, 4.69) is 136 Å². The molecule has 0 aromatic heterocycles. The second-order valence-electron chi connectivity index (χ2n) is 16.7. The first-order valence-electron chi connectivity index (χ1n) is 26.1. The fourth-order valence-corrected chi connectivity index (χ4v) is 6.64. The maximum Gasteiger partial charge on any atom is 0.306 e. The largest absolute Gasteiger partial charge is 0.462 e. The molecule has 65 heavy (non-hydrogen) atoms. The Kier molecular flexibility index (Phi) is 49.1. The van der Waals surface area contributed by atoms with E-state index in [4.69, 9.17) is 14.2 Å². The number of unbranched alkanes of at least 4 members (excludes halogenated alkanes) is 16. The summed E-state index contributed by atoms with van der Waals surface area (Å²) in [5.41, 5.74) is 0. The summed E-state index contributed by atoms with van der Waals surface area (Å²) in [5.74, 6) is -1.04. The van der Waals surface area contributed by atoms with Crippen molar-refractivity contribution in [1.29, 1.82) is 0 Å². The molecular formula is C59H94O6. The van der Waals surface area contributed by atoms with Crippen LogP contribution in [0, 0.1) is 0 Å². The van der Waals surface area contributed by atoms with E-state index in [9.17, 15) is 14.4 Å². The van der Waals surface area contributed by atoms with Gasteiger partial charge in [-0.25, -0.2) is 0 Å². The average Bonchev–Trinajstić information content (AvgIpc) is 3.30. The van der Waals surface area contributed by atoms with Gasteiger partial charge < -0.3 is 14.2 Å². The van der Waals surface area contributed by atoms with Crippen LogP contribution < -0.4 is 0 Å². The van der Waals surface area contributed by atoms with Gasteiger partial charge in [-0.3, -0.25) is 14.4 Å². The van der Waals surface area contributed by atoms with Gasteiger partial charge in [-0.2, -0.15) is 0 Å². The standard InChI is InChI=1S/C59H94O6/c1-4-7-10-13-16-19-22-25-27-28-29-30-32-34-37-40-43-46-49-52-58(61)64-55-56(54-63-57(60)51-48-45-42-39-36-33-24-21-18-15-12-9-6-3)65-59(62)53-50-47-44-41-38-35-31-26-23-20-17-14-11-8-5-2/h7-8,10-11,14,16-17,19-20,23,25,27,29-30,33-34,36-37,42,45,56H,4-6,9,12-13,15,18,21-22,24,26,28,31-32,35,38-41,43-44,46-55H2,1-3H3/b10-7+,11-8+,17-14+,19-16+,23-20+,27-25+,30-29+,36-33+,37-34+,45-42+. The zero-order valence-electron chi connectivity index (χ0n) is 41.7. The molecule has 0 aliphatic rings. The highest BCUT2D eigenvalue weighted by atomic mass is 16.6. The molecule has 0 saturated heterocycles. The number of hydrogen-bond donors (Lipinski definition) is 0. The van der Waals surface area contributed by atoms with Crippen LogP contribution in [0.1, 0.15) is 213 Å². The molecule has 366 valence electrons. The van der Waals surface area contributed by atoms with Gasteiger partial charge in [-0.15, -0.1) is 0 Å². The highest BCUT2D eigenvalue weighted by Gasteiger charge is 2.19. The van der Waals surface area contributed by atoms with E-state index in [0.717, 1.165) is 109 Å². The van der Waals surface area contributed by atoms with Crippen molar-refractivity contribution < 1.29 is 28.6 Å². The van der Waals surface area contributed by atoms with Crippen molar-refractivity contribution in [2.75, 3.05) is 13.2 Å². The van der Waals surface area contributed by atoms with Gasteiger partial charge in [0.05, 0.1) is 0 Å². The molecule has 0 spiro atoms. The number of allylic oxidation sites excluding steroid dienone is 20. The van der Waals surface area contributed by atoms with Crippen molar-refractivity contribution in [1.82, 2.24) is 0 Å². The molecule has 0 saturated carbocycles. The number of carbonyl (C=O) groups excluding carboxylic acids is 3. The lowest BCUT2D eigenvalue weighted by Gasteiger charge is -2.18. The molecule has 0 fully saturated rings. The average molecular weight is 899 g/mol. The molecule has 1 atom stereocenters. The summed E-state index contributed by atoms with van der Waals surface area (Å²) in [6, 6.07) is 0. The van der Waals surface area contributed by atoms with E-state index < -0.39 is 6.10 Å². The van der Waals surface area contributed by atoms with E-state index in [1.54, 1.807) is 0 Å². The Labute approximate surface area is 399 Å². The third kappa shape index (κ3) is 50.7. The van der Waals surface area contributed by atoms with Gasteiger partial charge >= 0.3 is 17.9 Å². The Morgan fingerprint density at radius 1 is 0.338 bits per heavy atom. The van der Waals surface area contributed by atoms with Crippen LogP contribution in [0.15, 0.2) is 122 Å². The second-order valence-corrected chi connectivity index (χ2v) is 16.7. The van der Waals surface area contributed by atoms with Gasteiger partial charge in [0.1, 0.15) is 13.2 Å². The topological polar surface area (TPSA) is 78.9 Å². The number of esters is 3. The van der Waals surface area contributed by atoms with Crippen molar-refractivity contribution in [2.24, 2.45) is 0 Å². The van der Waals surface area contributed by atoms with Crippen LogP contribution in [0.5, 0.6) is 0 Å². The van der Waals surface area contributed by atoms with Crippen LogP contribution in [-0.4, -0.2) is 37.2 Å². The number of carbonyl (C=O) groups is 3. The smallest absolute Gasteiger partial charge is 0.306 e. The summed E-state index contributed by atoms with van der Waals surface area (Å²) in [7, 11) is 0. The van der Waals surface area contributed by atoms with Crippen LogP contribution in [0.2, 0.25) is 0 Å². The Bertz CT molecular complexity index is 1400. The first-order chi connectivity index (χ1) is 32.0. The first-order valence-corrected chi connectivity index (χ1v) is 26.1. The van der Waals surface area contributed by atoms with Crippen molar-refractivity contribution in [3.8, 4) is 0 Å². The molecule has 0 amide bonds. The lowest BCUT2D eigenvalue weighted by atomic mass is 10.1. The minimum atomic E-state index is -0.824. The predicted octanol–water partition coefficient (Wildman–Crippen LogP) is 17.3. The fourth-order valence-electron chi connectivity index (χ4n) is 6.64. The molecule has 0 aromatic carbocycles. The first kappa shape index (κ1) is 60.8. The van der Waals surface area contributed by atoms with E-state index in [1.807, 2.05) is 6.08 Å². The summed E-state index contributed by atoms with van der Waals surface area (Å²) >= 11 is 0. The third-order valence-corrected chi connectivity index (χ3v) is 10.5. The summed E-state index contributed by atoms with van der Waals surface area (Å²) in [4.78, 5) is 38.0. The highest BCUT2D eigenvalue weighted by molar-refractivity contribution is 5.71. The maximum absolute atomic E-state index is 12.8. The molecule has 0 N–H and O–H groups in total. The normalized spacial score (nSPS) is 13.1. The summed E-state index contributed by atoms with van der Waals surface area (Å²) in [6.07, 6.45) is 71.9. The van der Waals surface area contributed by atoms with Crippen molar-refractivity contribution >= 4 is 17.9 Å². The molecule has 0 bridgehead atoms. The van der Waals surface area contributed by atoms with E-state index in [1.165, 1.54) is 57.8 Å². The molecular weight excluding hydrogens is 805 g/mol. The SMILES string of the molecule is CC/C=C/C=C/C=C/CCCCCCCCCC(=O)OC(COC(=O)CC/C=C/C/C=C/CCCCCCCC)COC(=O)CCCCC/C=C/C/C=C/C/C=C/C/C=C/C/C=C/CC. The van der Waals surface area contributed by atoms with Crippen LogP contribution in [0.25, 0.3) is 0 Å². The monoisotopic (exact) mass is 899 g/mol. The molecule has 0 aliphatic carbocycles. The molecule has 6 heteroatoms. The Morgan fingerprint density at radius 2 is 0.708 bits per heavy atom. The van der Waals surface area contributed by atoms with E-state index in [-0.39, 0.29) is 37.5 Å². The van der Waals surface area contributed by atoms with Crippen molar-refractivity contribution in [2.45, 2.75) is 219 Å². The molecule has 1 unspecified atom stereocenters. The third-order valence-electron chi connectivity index (χ3n) is 10.5. The molecule has 0 rings (SSSR count). The lowest BCUT2D eigenvalue weighted by molar-refractivity contribution is -0.166. The molecule has 0 aromatic rings. The Balaban J connectivity index is 4.53. The zero-order chi connectivity index (χ0) is 47.2. The lowest BCUT2D eigenvalue weighted by Crippen LogP contribution is -2.30. The minimum absolute atomic E-state index is 0.121. The minimum Gasteiger partial charge on any atom is -0.462 e.